The van der Waals surface area contributed by atoms with Gasteiger partial charge in [-0.15, -0.1) is 12.4 Å². The lowest BCUT2D eigenvalue weighted by Gasteiger charge is -2.42. The van der Waals surface area contributed by atoms with E-state index in [-0.39, 0.29) is 35.6 Å². The Hall–Kier alpha value is -2.94. The Balaban J connectivity index is 0.00000324. The summed E-state index contributed by atoms with van der Waals surface area (Å²) in [6, 6.07) is 20.5. The van der Waals surface area contributed by atoms with Crippen molar-refractivity contribution in [2.45, 2.75) is 37.6 Å². The topological polar surface area (TPSA) is 47.3 Å². The molecule has 0 saturated carbocycles. The number of nitriles is 1. The highest BCUT2D eigenvalue weighted by Crippen LogP contribution is 2.40. The van der Waals surface area contributed by atoms with Gasteiger partial charge in [-0.3, -0.25) is 4.79 Å². The van der Waals surface area contributed by atoms with Gasteiger partial charge in [-0.05, 0) is 86.1 Å². The number of carbonyl (C=O) groups is 1. The number of nitrogens with zero attached hydrogens (tertiary/aromatic N) is 3. The van der Waals surface area contributed by atoms with E-state index in [0.717, 1.165) is 47.8 Å². The zero-order valence-electron chi connectivity index (χ0n) is 19.9. The Bertz CT molecular complexity index is 1200. The number of piperidine rings is 1. The first-order chi connectivity index (χ1) is 15.8. The fourth-order valence-electron chi connectivity index (χ4n) is 5.01. The normalized spacial score (nSPS) is 16.3. The molecule has 0 N–H and O–H groups in total. The summed E-state index contributed by atoms with van der Waals surface area (Å²) < 4.78 is 13.6. The molecule has 6 heteroatoms. The molecule has 0 aliphatic carbocycles. The van der Waals surface area contributed by atoms with Crippen LogP contribution >= 0.6 is 12.4 Å². The first-order valence-electron chi connectivity index (χ1n) is 11.5. The van der Waals surface area contributed by atoms with Gasteiger partial charge >= 0.3 is 0 Å². The van der Waals surface area contributed by atoms with Crippen LogP contribution in [0.5, 0.6) is 0 Å². The zero-order valence-corrected chi connectivity index (χ0v) is 20.7. The molecule has 1 heterocycles. The van der Waals surface area contributed by atoms with Crippen molar-refractivity contribution in [3.63, 3.8) is 0 Å². The SMILES string of the molecule is CC(c1cc(C#N)cc2ccccc12)N(C)C(=O)CC1(c2ccc(F)cc2)CCN(C)CC1.Cl. The average molecular weight is 480 g/mol. The van der Waals surface area contributed by atoms with E-state index in [1.54, 1.807) is 4.90 Å². The second-order valence-corrected chi connectivity index (χ2v) is 9.35. The third-order valence-corrected chi connectivity index (χ3v) is 7.34. The monoisotopic (exact) mass is 479 g/mol. The molecule has 3 aromatic carbocycles. The number of hydrogen-bond donors (Lipinski definition) is 0. The lowest BCUT2D eigenvalue weighted by atomic mass is 9.70. The summed E-state index contributed by atoms with van der Waals surface area (Å²) in [7, 11) is 3.94. The van der Waals surface area contributed by atoms with Gasteiger partial charge in [-0.25, -0.2) is 4.39 Å². The van der Waals surface area contributed by atoms with Crippen molar-refractivity contribution < 1.29 is 9.18 Å². The van der Waals surface area contributed by atoms with Crippen molar-refractivity contribution in [1.82, 2.24) is 9.80 Å². The maximum absolute atomic E-state index is 13.6. The molecule has 4 nitrogen and oxygen atoms in total. The predicted octanol–water partition coefficient (Wildman–Crippen LogP) is 5.85. The van der Waals surface area contributed by atoms with E-state index in [1.165, 1.54) is 12.1 Å². The molecule has 34 heavy (non-hydrogen) atoms. The Morgan fingerprint density at radius 2 is 1.79 bits per heavy atom. The van der Waals surface area contributed by atoms with Crippen LogP contribution in [0.3, 0.4) is 0 Å². The fraction of sp³-hybridized carbons (Fsp3) is 0.357. The van der Waals surface area contributed by atoms with Gasteiger partial charge in [0.25, 0.3) is 0 Å². The Kier molecular flexibility index (Phi) is 7.97. The van der Waals surface area contributed by atoms with Crippen LogP contribution in [0.4, 0.5) is 4.39 Å². The largest absolute Gasteiger partial charge is 0.339 e. The molecule has 4 rings (SSSR count). The summed E-state index contributed by atoms with van der Waals surface area (Å²) in [6.07, 6.45) is 2.09. The van der Waals surface area contributed by atoms with Crippen molar-refractivity contribution in [3.05, 3.63) is 83.2 Å². The molecule has 1 unspecified atom stereocenters. The summed E-state index contributed by atoms with van der Waals surface area (Å²) in [4.78, 5) is 17.7. The summed E-state index contributed by atoms with van der Waals surface area (Å²) in [5.41, 5.74) is 2.29. The average Bonchev–Trinajstić information content (AvgIpc) is 2.84. The van der Waals surface area contributed by atoms with Gasteiger partial charge in [0.15, 0.2) is 0 Å². The number of halogens is 2. The first-order valence-corrected chi connectivity index (χ1v) is 11.5. The van der Waals surface area contributed by atoms with Crippen LogP contribution in [-0.4, -0.2) is 42.9 Å². The van der Waals surface area contributed by atoms with E-state index in [4.69, 9.17) is 0 Å². The number of rotatable bonds is 5. The number of hydrogen-bond acceptors (Lipinski definition) is 3. The highest BCUT2D eigenvalue weighted by atomic mass is 35.5. The molecule has 0 radical (unpaired) electrons. The summed E-state index contributed by atoms with van der Waals surface area (Å²) in [6.45, 7) is 3.82. The van der Waals surface area contributed by atoms with Crippen molar-refractivity contribution >= 4 is 29.1 Å². The predicted molar refractivity (Wildman–Crippen MR) is 137 cm³/mol. The molecule has 1 amide bonds. The third-order valence-electron chi connectivity index (χ3n) is 7.34. The van der Waals surface area contributed by atoms with E-state index < -0.39 is 0 Å². The molecule has 0 bridgehead atoms. The van der Waals surface area contributed by atoms with Crippen LogP contribution in [0, 0.1) is 17.1 Å². The zero-order chi connectivity index (χ0) is 23.6. The van der Waals surface area contributed by atoms with Crippen LogP contribution in [0.1, 0.15) is 48.9 Å². The van der Waals surface area contributed by atoms with Gasteiger partial charge in [0.2, 0.25) is 5.91 Å². The second kappa shape index (κ2) is 10.5. The lowest BCUT2D eigenvalue weighted by Crippen LogP contribution is -2.44. The van der Waals surface area contributed by atoms with Crippen LogP contribution in [0.25, 0.3) is 10.8 Å². The molecule has 3 aromatic rings. The first kappa shape index (κ1) is 25.7. The Morgan fingerprint density at radius 3 is 2.44 bits per heavy atom. The summed E-state index contributed by atoms with van der Waals surface area (Å²) in [5.74, 6) is -0.203. The van der Waals surface area contributed by atoms with Gasteiger partial charge in [-0.2, -0.15) is 5.26 Å². The molecular weight excluding hydrogens is 449 g/mol. The number of benzene rings is 3. The minimum atomic E-state index is -0.304. The van der Waals surface area contributed by atoms with E-state index in [0.29, 0.717) is 12.0 Å². The quantitative estimate of drug-likeness (QED) is 0.461. The molecule has 1 saturated heterocycles. The van der Waals surface area contributed by atoms with Gasteiger partial charge in [0, 0.05) is 18.9 Å². The second-order valence-electron chi connectivity index (χ2n) is 9.35. The highest BCUT2D eigenvalue weighted by molar-refractivity contribution is 5.88. The molecule has 178 valence electrons. The van der Waals surface area contributed by atoms with Crippen molar-refractivity contribution in [2.24, 2.45) is 0 Å². The molecule has 1 atom stereocenters. The summed E-state index contributed by atoms with van der Waals surface area (Å²) >= 11 is 0. The fourth-order valence-corrected chi connectivity index (χ4v) is 5.01. The number of amides is 1. The summed E-state index contributed by atoms with van der Waals surface area (Å²) in [5, 5.41) is 11.6. The smallest absolute Gasteiger partial charge is 0.223 e. The number of likely N-dealkylation sites (tertiary alicyclic amines) is 1. The van der Waals surface area contributed by atoms with Crippen molar-refractivity contribution in [2.75, 3.05) is 27.2 Å². The minimum Gasteiger partial charge on any atom is -0.339 e. The number of carbonyl (C=O) groups excluding carboxylic acids is 1. The maximum Gasteiger partial charge on any atom is 0.223 e. The minimum absolute atomic E-state index is 0. The van der Waals surface area contributed by atoms with Crippen molar-refractivity contribution in [3.8, 4) is 6.07 Å². The van der Waals surface area contributed by atoms with E-state index in [1.807, 2.05) is 62.5 Å². The lowest BCUT2D eigenvalue weighted by molar-refractivity contribution is -0.133. The number of fused-ring (bicyclic) bond motifs is 1. The third kappa shape index (κ3) is 5.09. The van der Waals surface area contributed by atoms with Crippen LogP contribution in [0.15, 0.2) is 60.7 Å². The molecule has 0 spiro atoms. The maximum atomic E-state index is 13.6. The Morgan fingerprint density at radius 1 is 1.15 bits per heavy atom. The molecular formula is C28H31ClFN3O. The van der Waals surface area contributed by atoms with Gasteiger partial charge < -0.3 is 9.80 Å². The van der Waals surface area contributed by atoms with Crippen LogP contribution < -0.4 is 0 Å². The molecule has 0 aromatic heterocycles. The van der Waals surface area contributed by atoms with Crippen LogP contribution in [0.2, 0.25) is 0 Å². The van der Waals surface area contributed by atoms with Crippen LogP contribution in [-0.2, 0) is 10.2 Å². The highest BCUT2D eigenvalue weighted by Gasteiger charge is 2.38. The van der Waals surface area contributed by atoms with E-state index >= 15 is 0 Å². The van der Waals surface area contributed by atoms with Gasteiger partial charge in [0.05, 0.1) is 17.7 Å². The van der Waals surface area contributed by atoms with E-state index in [9.17, 15) is 14.4 Å². The van der Waals surface area contributed by atoms with Crippen molar-refractivity contribution in [1.29, 1.82) is 5.26 Å². The molecule has 1 aliphatic heterocycles. The van der Waals surface area contributed by atoms with Gasteiger partial charge in [-0.1, -0.05) is 36.4 Å². The Labute approximate surface area is 207 Å². The van der Waals surface area contributed by atoms with Gasteiger partial charge in [0.1, 0.15) is 5.82 Å². The standard InChI is InChI=1S/C28H30FN3O.ClH/c1-20(26-17-21(19-30)16-22-6-4-5-7-25(22)26)32(3)27(33)18-28(12-14-31(2)15-13-28)23-8-10-24(29)11-9-23;/h4-11,16-17,20H,12-15,18H2,1-3H3;1H. The molecule has 1 aliphatic rings. The molecule has 1 fully saturated rings. The van der Waals surface area contributed by atoms with E-state index in [2.05, 4.69) is 18.0 Å².